The SMILES string of the molecule is C=C1C(=O)N(C)CC[C@H]1[C@@H](CC)C(=O)OC. The average Bonchev–Trinajstić information content (AvgIpc) is 2.29. The number of methoxy groups -OCH3 is 1. The highest BCUT2D eigenvalue weighted by molar-refractivity contribution is 5.94. The van der Waals surface area contributed by atoms with Gasteiger partial charge in [-0.3, -0.25) is 9.59 Å². The van der Waals surface area contributed by atoms with E-state index in [1.165, 1.54) is 7.11 Å². The van der Waals surface area contributed by atoms with Crippen LogP contribution in [0.4, 0.5) is 0 Å². The number of carbonyl (C=O) groups is 2. The van der Waals surface area contributed by atoms with Crippen LogP contribution in [0, 0.1) is 11.8 Å². The fourth-order valence-electron chi connectivity index (χ4n) is 2.22. The van der Waals surface area contributed by atoms with Crippen LogP contribution in [0.1, 0.15) is 19.8 Å². The fourth-order valence-corrected chi connectivity index (χ4v) is 2.22. The molecule has 2 atom stereocenters. The Morgan fingerprint density at radius 2 is 2.31 bits per heavy atom. The molecule has 4 nitrogen and oxygen atoms in total. The summed E-state index contributed by atoms with van der Waals surface area (Å²) in [5, 5.41) is 0. The van der Waals surface area contributed by atoms with Gasteiger partial charge in [0.05, 0.1) is 13.0 Å². The molecule has 0 spiro atoms. The summed E-state index contributed by atoms with van der Waals surface area (Å²) in [6.45, 7) is 6.42. The first-order valence-electron chi connectivity index (χ1n) is 5.55. The van der Waals surface area contributed by atoms with Crippen molar-refractivity contribution >= 4 is 11.9 Å². The van der Waals surface area contributed by atoms with Gasteiger partial charge in [0, 0.05) is 25.1 Å². The van der Waals surface area contributed by atoms with E-state index in [1.807, 2.05) is 6.92 Å². The third-order valence-corrected chi connectivity index (χ3v) is 3.27. The van der Waals surface area contributed by atoms with E-state index in [4.69, 9.17) is 4.74 Å². The van der Waals surface area contributed by atoms with Crippen molar-refractivity contribution in [1.29, 1.82) is 0 Å². The van der Waals surface area contributed by atoms with Crippen molar-refractivity contribution in [1.82, 2.24) is 4.90 Å². The number of piperidine rings is 1. The van der Waals surface area contributed by atoms with Crippen LogP contribution in [0.25, 0.3) is 0 Å². The molecule has 0 aromatic heterocycles. The molecule has 0 aromatic carbocycles. The summed E-state index contributed by atoms with van der Waals surface area (Å²) >= 11 is 0. The number of ether oxygens (including phenoxy) is 1. The van der Waals surface area contributed by atoms with E-state index in [0.29, 0.717) is 18.5 Å². The minimum atomic E-state index is -0.244. The Hall–Kier alpha value is -1.32. The van der Waals surface area contributed by atoms with Crippen molar-refractivity contribution in [2.75, 3.05) is 20.7 Å². The topological polar surface area (TPSA) is 46.6 Å². The minimum absolute atomic E-state index is 0.0568. The van der Waals surface area contributed by atoms with Crippen LogP contribution >= 0.6 is 0 Å². The van der Waals surface area contributed by atoms with Crippen molar-refractivity contribution in [2.45, 2.75) is 19.8 Å². The Morgan fingerprint density at radius 1 is 1.69 bits per heavy atom. The highest BCUT2D eigenvalue weighted by Gasteiger charge is 2.36. The van der Waals surface area contributed by atoms with Crippen LogP contribution in [0.5, 0.6) is 0 Å². The first-order chi connectivity index (χ1) is 7.52. The molecular weight excluding hydrogens is 206 g/mol. The van der Waals surface area contributed by atoms with Gasteiger partial charge in [0.15, 0.2) is 0 Å². The van der Waals surface area contributed by atoms with E-state index in [2.05, 4.69) is 6.58 Å². The zero-order valence-corrected chi connectivity index (χ0v) is 10.2. The second kappa shape index (κ2) is 5.14. The largest absolute Gasteiger partial charge is 0.469 e. The molecule has 0 unspecified atom stereocenters. The van der Waals surface area contributed by atoms with Crippen LogP contribution in [0.3, 0.4) is 0 Å². The Labute approximate surface area is 96.3 Å². The van der Waals surface area contributed by atoms with Gasteiger partial charge in [-0.25, -0.2) is 0 Å². The highest BCUT2D eigenvalue weighted by atomic mass is 16.5. The lowest BCUT2D eigenvalue weighted by molar-refractivity contribution is -0.147. The molecule has 0 saturated carbocycles. The lowest BCUT2D eigenvalue weighted by Gasteiger charge is -2.34. The van der Waals surface area contributed by atoms with Crippen molar-refractivity contribution in [3.63, 3.8) is 0 Å². The smallest absolute Gasteiger partial charge is 0.309 e. The number of amides is 1. The number of likely N-dealkylation sites (tertiary alicyclic amines) is 1. The van der Waals surface area contributed by atoms with Crippen LogP contribution in [-0.2, 0) is 14.3 Å². The predicted octanol–water partition coefficient (Wildman–Crippen LogP) is 1.22. The zero-order valence-electron chi connectivity index (χ0n) is 10.2. The maximum absolute atomic E-state index is 11.7. The number of hydrogen-bond acceptors (Lipinski definition) is 3. The highest BCUT2D eigenvalue weighted by Crippen LogP contribution is 2.31. The van der Waals surface area contributed by atoms with Gasteiger partial charge in [-0.05, 0) is 12.8 Å². The first-order valence-corrected chi connectivity index (χ1v) is 5.55. The third kappa shape index (κ3) is 2.26. The Bertz CT molecular complexity index is 311. The number of carbonyl (C=O) groups excluding carboxylic acids is 2. The fraction of sp³-hybridized carbons (Fsp3) is 0.667. The van der Waals surface area contributed by atoms with Gasteiger partial charge in [-0.2, -0.15) is 0 Å². The van der Waals surface area contributed by atoms with Crippen LogP contribution in [0.2, 0.25) is 0 Å². The van der Waals surface area contributed by atoms with E-state index in [0.717, 1.165) is 6.42 Å². The van der Waals surface area contributed by atoms with Gasteiger partial charge < -0.3 is 9.64 Å². The number of hydrogen-bond donors (Lipinski definition) is 0. The number of rotatable bonds is 3. The van der Waals surface area contributed by atoms with Crippen molar-refractivity contribution < 1.29 is 14.3 Å². The van der Waals surface area contributed by atoms with Crippen molar-refractivity contribution in [2.24, 2.45) is 11.8 Å². The molecule has 1 rings (SSSR count). The molecule has 1 aliphatic rings. The number of esters is 1. The van der Waals surface area contributed by atoms with Gasteiger partial charge in [0.25, 0.3) is 0 Å². The molecule has 1 amide bonds. The lowest BCUT2D eigenvalue weighted by atomic mass is 9.79. The molecule has 1 heterocycles. The molecule has 16 heavy (non-hydrogen) atoms. The van der Waals surface area contributed by atoms with E-state index < -0.39 is 0 Å². The lowest BCUT2D eigenvalue weighted by Crippen LogP contribution is -2.41. The van der Waals surface area contributed by atoms with Crippen LogP contribution in [-0.4, -0.2) is 37.5 Å². The summed E-state index contributed by atoms with van der Waals surface area (Å²) in [7, 11) is 3.13. The van der Waals surface area contributed by atoms with Crippen LogP contribution in [0.15, 0.2) is 12.2 Å². The van der Waals surface area contributed by atoms with E-state index in [1.54, 1.807) is 11.9 Å². The van der Waals surface area contributed by atoms with Gasteiger partial charge in [-0.15, -0.1) is 0 Å². The maximum Gasteiger partial charge on any atom is 0.309 e. The standard InChI is InChI=1S/C12H19NO3/c1-5-9(12(15)16-4)10-6-7-13(3)11(14)8(10)2/h9-10H,2,5-7H2,1,3-4H3/t9-,10-/m1/s1. The Balaban J connectivity index is 2.83. The summed E-state index contributed by atoms with van der Waals surface area (Å²) in [5.74, 6) is -0.610. The monoisotopic (exact) mass is 225 g/mol. The summed E-state index contributed by atoms with van der Waals surface area (Å²) < 4.78 is 4.76. The summed E-state index contributed by atoms with van der Waals surface area (Å²) in [6, 6.07) is 0. The van der Waals surface area contributed by atoms with E-state index >= 15 is 0 Å². The molecule has 1 saturated heterocycles. The quantitative estimate of drug-likeness (QED) is 0.536. The molecular formula is C12H19NO3. The van der Waals surface area contributed by atoms with Crippen molar-refractivity contribution in [3.05, 3.63) is 12.2 Å². The number of nitrogens with zero attached hydrogens (tertiary/aromatic N) is 1. The van der Waals surface area contributed by atoms with Gasteiger partial charge in [0.1, 0.15) is 0 Å². The molecule has 0 aliphatic carbocycles. The van der Waals surface area contributed by atoms with Crippen LogP contribution < -0.4 is 0 Å². The van der Waals surface area contributed by atoms with Gasteiger partial charge in [-0.1, -0.05) is 13.5 Å². The minimum Gasteiger partial charge on any atom is -0.469 e. The second-order valence-corrected chi connectivity index (χ2v) is 4.19. The molecule has 4 heteroatoms. The molecule has 0 radical (unpaired) electrons. The maximum atomic E-state index is 11.7. The molecule has 0 N–H and O–H groups in total. The Morgan fingerprint density at radius 3 is 2.81 bits per heavy atom. The number of likely N-dealkylation sites (N-methyl/N-ethyl adjacent to an activating group) is 1. The summed E-state index contributed by atoms with van der Waals surface area (Å²) in [5.41, 5.74) is 0.533. The molecule has 0 aromatic rings. The summed E-state index contributed by atoms with van der Waals surface area (Å²) in [6.07, 6.45) is 1.46. The first kappa shape index (κ1) is 12.7. The molecule has 0 bridgehead atoms. The third-order valence-electron chi connectivity index (χ3n) is 3.27. The van der Waals surface area contributed by atoms with Gasteiger partial charge in [0.2, 0.25) is 5.91 Å². The predicted molar refractivity (Wildman–Crippen MR) is 60.7 cm³/mol. The second-order valence-electron chi connectivity index (χ2n) is 4.19. The Kier molecular flexibility index (Phi) is 4.10. The zero-order chi connectivity index (χ0) is 12.3. The van der Waals surface area contributed by atoms with Crippen molar-refractivity contribution in [3.8, 4) is 0 Å². The molecule has 1 aliphatic heterocycles. The average molecular weight is 225 g/mol. The van der Waals surface area contributed by atoms with E-state index in [9.17, 15) is 9.59 Å². The molecule has 90 valence electrons. The summed E-state index contributed by atoms with van der Waals surface area (Å²) in [4.78, 5) is 25.0. The van der Waals surface area contributed by atoms with Gasteiger partial charge >= 0.3 is 5.97 Å². The molecule has 1 fully saturated rings. The normalized spacial score (nSPS) is 23.2. The van der Waals surface area contributed by atoms with E-state index in [-0.39, 0.29) is 23.7 Å².